The molecule has 0 spiro atoms. The topological polar surface area (TPSA) is 147 Å². The van der Waals surface area contributed by atoms with Crippen molar-refractivity contribution in [1.82, 2.24) is 9.79 Å². The highest BCUT2D eigenvalue weighted by Crippen LogP contribution is 2.18. The molecule has 0 radical (unpaired) electrons. The molecule has 2 N–H and O–H groups in total. The van der Waals surface area contributed by atoms with Gasteiger partial charge in [0.05, 0.1) is 36.5 Å². The lowest BCUT2D eigenvalue weighted by atomic mass is 10.2. The van der Waals surface area contributed by atoms with Crippen LogP contribution in [0.15, 0.2) is 36.1 Å². The minimum absolute atomic E-state index is 0.140. The van der Waals surface area contributed by atoms with Crippen LogP contribution in [0.25, 0.3) is 0 Å². The molecule has 1 unspecified atom stereocenters. The monoisotopic (exact) mass is 450 g/mol. The Balaban J connectivity index is 2.04. The van der Waals surface area contributed by atoms with Crippen LogP contribution in [0.1, 0.15) is 12.0 Å². The zero-order valence-electron chi connectivity index (χ0n) is 15.2. The Morgan fingerprint density at radius 1 is 1.34 bits per heavy atom. The average molecular weight is 450 g/mol. The van der Waals surface area contributed by atoms with E-state index in [0.717, 1.165) is 12.2 Å². The van der Waals surface area contributed by atoms with E-state index in [1.165, 1.54) is 24.3 Å². The third kappa shape index (κ3) is 6.24. The second kappa shape index (κ2) is 8.88. The second-order valence-electron chi connectivity index (χ2n) is 6.21. The number of amides is 2. The summed E-state index contributed by atoms with van der Waals surface area (Å²) in [6, 6.07) is 5.13. The number of sulfone groups is 1. The number of halogens is 1. The van der Waals surface area contributed by atoms with E-state index in [4.69, 9.17) is 4.84 Å². The summed E-state index contributed by atoms with van der Waals surface area (Å²) < 4.78 is 61.5. The van der Waals surface area contributed by atoms with Gasteiger partial charge in [0.1, 0.15) is 5.82 Å². The van der Waals surface area contributed by atoms with Gasteiger partial charge in [-0.2, -0.15) is 0 Å². The molecular weight excluding hydrogens is 431 g/mol. The Kier molecular flexibility index (Phi) is 6.97. The number of rotatable bonds is 7. The first-order chi connectivity index (χ1) is 13.4. The molecule has 1 aliphatic rings. The fourth-order valence-electron chi connectivity index (χ4n) is 2.51. The van der Waals surface area contributed by atoms with E-state index in [9.17, 15) is 35.9 Å². The predicted octanol–water partition coefficient (Wildman–Crippen LogP) is -0.209. The molecule has 10 nitrogen and oxygen atoms in total. The van der Waals surface area contributed by atoms with Crippen LogP contribution in [0, 0.1) is 5.82 Å². The van der Waals surface area contributed by atoms with E-state index < -0.39 is 54.3 Å². The number of hydrogen-bond donors (Lipinski definition) is 2. The van der Waals surface area contributed by atoms with Crippen LogP contribution < -0.4 is 4.72 Å². The van der Waals surface area contributed by atoms with Crippen molar-refractivity contribution in [2.24, 2.45) is 0 Å². The number of nitrogens with zero attached hydrogens (tertiary/aromatic N) is 1. The molecule has 1 atom stereocenters. The van der Waals surface area contributed by atoms with Crippen LogP contribution in [-0.2, 0) is 40.8 Å². The van der Waals surface area contributed by atoms with Crippen LogP contribution in [0.4, 0.5) is 4.39 Å². The van der Waals surface area contributed by atoms with Gasteiger partial charge in [-0.3, -0.25) is 14.4 Å². The quantitative estimate of drug-likeness (QED) is 0.330. The molecule has 1 aliphatic heterocycles. The Hall–Kier alpha value is -2.51. The number of aliphatic hydroxyl groups is 1. The van der Waals surface area contributed by atoms with Gasteiger partial charge < -0.3 is 5.11 Å². The van der Waals surface area contributed by atoms with E-state index in [1.807, 2.05) is 0 Å². The molecule has 1 saturated heterocycles. The average Bonchev–Trinajstić information content (AvgIpc) is 3.01. The van der Waals surface area contributed by atoms with Gasteiger partial charge in [0.15, 0.2) is 15.6 Å². The first kappa shape index (κ1) is 22.8. The van der Waals surface area contributed by atoms with Crippen molar-refractivity contribution < 1.29 is 40.8 Å². The first-order valence-electron chi connectivity index (χ1n) is 8.20. The van der Waals surface area contributed by atoms with Gasteiger partial charge in [-0.05, 0) is 24.1 Å². The van der Waals surface area contributed by atoms with Gasteiger partial charge in [0, 0.05) is 0 Å². The summed E-state index contributed by atoms with van der Waals surface area (Å²) in [5, 5.41) is 9.18. The zero-order chi connectivity index (χ0) is 21.8. The van der Waals surface area contributed by atoms with Crippen molar-refractivity contribution >= 4 is 31.7 Å². The maximum Gasteiger partial charge on any atom is 0.299 e. The molecule has 2 amide bonds. The van der Waals surface area contributed by atoms with Crippen LogP contribution in [-0.4, -0.2) is 62.7 Å². The Morgan fingerprint density at radius 3 is 2.48 bits per heavy atom. The number of hydrogen-bond acceptors (Lipinski definition) is 8. The van der Waals surface area contributed by atoms with Gasteiger partial charge in [0.2, 0.25) is 10.0 Å². The number of nitrogens with one attached hydrogen (secondary N) is 1. The van der Waals surface area contributed by atoms with Gasteiger partial charge >= 0.3 is 0 Å². The van der Waals surface area contributed by atoms with Crippen molar-refractivity contribution in [3.63, 3.8) is 0 Å². The lowest BCUT2D eigenvalue weighted by Gasteiger charge is -2.18. The highest BCUT2D eigenvalue weighted by atomic mass is 32.2. The molecule has 1 aromatic carbocycles. The second-order valence-corrected chi connectivity index (χ2v) is 10.4. The fourth-order valence-corrected chi connectivity index (χ4v) is 6.50. The molecule has 0 saturated carbocycles. The summed E-state index contributed by atoms with van der Waals surface area (Å²) in [6.07, 6.45) is 0.271. The van der Waals surface area contributed by atoms with E-state index >= 15 is 0 Å². The number of carbonyl (C=O) groups is 2. The number of hydroxylamine groups is 2. The smallest absolute Gasteiger partial charge is 0.299 e. The van der Waals surface area contributed by atoms with E-state index in [0.29, 0.717) is 11.6 Å². The normalized spacial score (nSPS) is 19.0. The van der Waals surface area contributed by atoms with Crippen molar-refractivity contribution in [3.8, 4) is 0 Å². The predicted molar refractivity (Wildman–Crippen MR) is 98.8 cm³/mol. The molecule has 29 heavy (non-hydrogen) atoms. The molecule has 1 aromatic rings. The highest BCUT2D eigenvalue weighted by molar-refractivity contribution is 7.95. The lowest BCUT2D eigenvalue weighted by molar-refractivity contribution is -0.173. The number of aliphatic hydroxyl groups excluding tert-OH is 1. The van der Waals surface area contributed by atoms with Gasteiger partial charge in [-0.1, -0.05) is 12.1 Å². The SMILES string of the molecule is CON(Cc1ccc(F)cc1)C(=O)C=C(O)C(=O)NS(=O)(=O)C1CCS(=O)(=O)C1. The van der Waals surface area contributed by atoms with Crippen molar-refractivity contribution in [2.75, 3.05) is 18.6 Å². The standard InChI is InChI=1S/C16H19FN2O8S2/c1-27-19(9-11-2-4-12(17)5-3-11)15(21)8-14(20)16(22)18-29(25,26)13-6-7-28(23,24)10-13/h2-5,8,13,20H,6-7,9-10H2,1H3,(H,18,22). The number of carbonyl (C=O) groups excluding carboxylic acids is 2. The first-order valence-corrected chi connectivity index (χ1v) is 11.6. The molecule has 0 aliphatic carbocycles. The van der Waals surface area contributed by atoms with E-state index in [2.05, 4.69) is 0 Å². The molecule has 0 bridgehead atoms. The number of sulfonamides is 1. The largest absolute Gasteiger partial charge is 0.503 e. The molecule has 1 heterocycles. The highest BCUT2D eigenvalue weighted by Gasteiger charge is 2.38. The summed E-state index contributed by atoms with van der Waals surface area (Å²) in [4.78, 5) is 28.9. The summed E-state index contributed by atoms with van der Waals surface area (Å²) in [5.74, 6) is -5.10. The van der Waals surface area contributed by atoms with Gasteiger partial charge in [-0.15, -0.1) is 0 Å². The summed E-state index contributed by atoms with van der Waals surface area (Å²) in [6.45, 7) is -0.140. The maximum atomic E-state index is 12.9. The van der Waals surface area contributed by atoms with Crippen LogP contribution in [0.3, 0.4) is 0 Å². The molecule has 160 valence electrons. The molecule has 2 rings (SSSR count). The van der Waals surface area contributed by atoms with Crippen molar-refractivity contribution in [2.45, 2.75) is 18.2 Å². The van der Waals surface area contributed by atoms with Crippen molar-refractivity contribution in [1.29, 1.82) is 0 Å². The van der Waals surface area contributed by atoms with E-state index in [-0.39, 0.29) is 18.7 Å². The Bertz CT molecular complexity index is 1020. The molecular formula is C16H19FN2O8S2. The van der Waals surface area contributed by atoms with Crippen molar-refractivity contribution in [3.05, 3.63) is 47.5 Å². The summed E-state index contributed by atoms with van der Waals surface area (Å²) in [7, 11) is -6.72. The van der Waals surface area contributed by atoms with Gasteiger partial charge in [-0.25, -0.2) is 31.0 Å². The Morgan fingerprint density at radius 2 is 1.97 bits per heavy atom. The maximum absolute atomic E-state index is 12.9. The minimum Gasteiger partial charge on any atom is -0.503 e. The minimum atomic E-state index is -4.36. The molecule has 1 fully saturated rings. The zero-order valence-corrected chi connectivity index (χ0v) is 16.9. The molecule has 13 heteroatoms. The molecule has 0 aromatic heterocycles. The lowest BCUT2D eigenvalue weighted by Crippen LogP contribution is -2.40. The number of benzene rings is 1. The van der Waals surface area contributed by atoms with Crippen LogP contribution >= 0.6 is 0 Å². The third-order valence-corrected chi connectivity index (χ3v) is 7.79. The van der Waals surface area contributed by atoms with Crippen LogP contribution in [0.2, 0.25) is 0 Å². The van der Waals surface area contributed by atoms with Gasteiger partial charge in [0.25, 0.3) is 11.8 Å². The third-order valence-electron chi connectivity index (χ3n) is 4.06. The van der Waals surface area contributed by atoms with Crippen LogP contribution in [0.5, 0.6) is 0 Å². The summed E-state index contributed by atoms with van der Waals surface area (Å²) in [5.41, 5.74) is 0.490. The fraction of sp³-hybridized carbons (Fsp3) is 0.375. The Labute approximate surface area is 166 Å². The van der Waals surface area contributed by atoms with E-state index in [1.54, 1.807) is 4.72 Å². The summed E-state index contributed by atoms with van der Waals surface area (Å²) >= 11 is 0.